The molecule has 20 heavy (non-hydrogen) atoms. The van der Waals surface area contributed by atoms with Crippen molar-refractivity contribution in [2.24, 2.45) is 5.84 Å². The monoisotopic (exact) mass is 273 g/mol. The number of hydrogen-bond acceptors (Lipinski definition) is 6. The molecule has 0 saturated heterocycles. The number of nitrogens with zero attached hydrogens (tertiary/aromatic N) is 3. The smallest absolute Gasteiger partial charge is 0.148 e. The van der Waals surface area contributed by atoms with Crippen LogP contribution < -0.4 is 20.9 Å². The van der Waals surface area contributed by atoms with Gasteiger partial charge in [0, 0.05) is 12.6 Å². The average molecular weight is 273 g/mol. The van der Waals surface area contributed by atoms with E-state index in [1.807, 2.05) is 50.1 Å². The van der Waals surface area contributed by atoms with Gasteiger partial charge in [0.05, 0.1) is 12.8 Å². The fourth-order valence-electron chi connectivity index (χ4n) is 2.10. The number of methoxy groups -OCH3 is 1. The van der Waals surface area contributed by atoms with E-state index in [0.29, 0.717) is 11.6 Å². The molecule has 0 atom stereocenters. The van der Waals surface area contributed by atoms with Gasteiger partial charge in [-0.15, -0.1) is 0 Å². The molecule has 0 spiro atoms. The normalized spacial score (nSPS) is 10.2. The van der Waals surface area contributed by atoms with Crippen LogP contribution in [0, 0.1) is 13.8 Å². The molecule has 0 fully saturated rings. The molecule has 3 N–H and O–H groups in total. The lowest BCUT2D eigenvalue weighted by atomic mass is 10.2. The van der Waals surface area contributed by atoms with Gasteiger partial charge in [-0.2, -0.15) is 0 Å². The van der Waals surface area contributed by atoms with Gasteiger partial charge in [-0.25, -0.2) is 15.8 Å². The first kappa shape index (κ1) is 14.1. The number of nitrogen functional groups attached to an aromatic ring is 1. The third kappa shape index (κ3) is 2.50. The third-order valence-corrected chi connectivity index (χ3v) is 3.13. The minimum atomic E-state index is 0.620. The van der Waals surface area contributed by atoms with E-state index in [9.17, 15) is 0 Å². The molecular formula is C14H19N5O. The number of para-hydroxylation sites is 2. The van der Waals surface area contributed by atoms with Crippen LogP contribution >= 0.6 is 0 Å². The predicted octanol–water partition coefficient (Wildman–Crippen LogP) is 2.16. The minimum absolute atomic E-state index is 0.620. The lowest BCUT2D eigenvalue weighted by Gasteiger charge is -2.23. The SMILES string of the molecule is COc1ccccc1N(C)c1nc(C)nc(NN)c1C. The van der Waals surface area contributed by atoms with E-state index in [-0.39, 0.29) is 0 Å². The van der Waals surface area contributed by atoms with Crippen LogP contribution in [-0.4, -0.2) is 24.1 Å². The highest BCUT2D eigenvalue weighted by molar-refractivity contribution is 5.70. The number of benzene rings is 1. The maximum Gasteiger partial charge on any atom is 0.148 e. The molecule has 0 saturated carbocycles. The number of ether oxygens (including phenoxy) is 1. The topological polar surface area (TPSA) is 76.3 Å². The number of rotatable bonds is 4. The van der Waals surface area contributed by atoms with E-state index in [1.165, 1.54) is 0 Å². The number of nitrogens with two attached hydrogens (primary N) is 1. The van der Waals surface area contributed by atoms with E-state index in [0.717, 1.165) is 22.8 Å². The lowest BCUT2D eigenvalue weighted by molar-refractivity contribution is 0.415. The first-order chi connectivity index (χ1) is 9.58. The van der Waals surface area contributed by atoms with Crippen molar-refractivity contribution >= 4 is 17.3 Å². The molecule has 0 bridgehead atoms. The maximum absolute atomic E-state index is 5.50. The standard InChI is InChI=1S/C14H19N5O/c1-9-13(18-15)16-10(2)17-14(9)19(3)11-7-5-6-8-12(11)20-4/h5-8H,15H2,1-4H3,(H,16,17,18). The van der Waals surface area contributed by atoms with Crippen molar-refractivity contribution in [3.8, 4) is 5.75 Å². The fourth-order valence-corrected chi connectivity index (χ4v) is 2.10. The Labute approximate surface area is 118 Å². The molecule has 1 aromatic carbocycles. The van der Waals surface area contributed by atoms with Gasteiger partial charge in [-0.3, -0.25) is 0 Å². The highest BCUT2D eigenvalue weighted by atomic mass is 16.5. The Morgan fingerprint density at radius 2 is 1.90 bits per heavy atom. The number of hydrazine groups is 1. The van der Waals surface area contributed by atoms with E-state index in [1.54, 1.807) is 7.11 Å². The van der Waals surface area contributed by atoms with Crippen molar-refractivity contribution in [3.63, 3.8) is 0 Å². The number of anilines is 3. The third-order valence-electron chi connectivity index (χ3n) is 3.13. The summed E-state index contributed by atoms with van der Waals surface area (Å²) in [6.07, 6.45) is 0. The van der Waals surface area contributed by atoms with Crippen LogP contribution in [0.15, 0.2) is 24.3 Å². The Bertz CT molecular complexity index is 615. The van der Waals surface area contributed by atoms with Crippen molar-refractivity contribution in [2.45, 2.75) is 13.8 Å². The quantitative estimate of drug-likeness (QED) is 0.656. The molecule has 0 aliphatic rings. The zero-order valence-electron chi connectivity index (χ0n) is 12.1. The summed E-state index contributed by atoms with van der Waals surface area (Å²) in [5, 5.41) is 0. The van der Waals surface area contributed by atoms with Gasteiger partial charge >= 0.3 is 0 Å². The molecule has 2 aromatic rings. The summed E-state index contributed by atoms with van der Waals surface area (Å²) >= 11 is 0. The minimum Gasteiger partial charge on any atom is -0.495 e. The van der Waals surface area contributed by atoms with Crippen LogP contribution in [0.5, 0.6) is 5.75 Å². The summed E-state index contributed by atoms with van der Waals surface area (Å²) in [6.45, 7) is 3.76. The summed E-state index contributed by atoms with van der Waals surface area (Å²) in [6, 6.07) is 7.78. The van der Waals surface area contributed by atoms with E-state index in [4.69, 9.17) is 10.6 Å². The zero-order chi connectivity index (χ0) is 14.7. The number of nitrogens with one attached hydrogen (secondary N) is 1. The summed E-state index contributed by atoms with van der Waals surface area (Å²) in [5.41, 5.74) is 4.41. The van der Waals surface area contributed by atoms with E-state index < -0.39 is 0 Å². The molecule has 0 aliphatic heterocycles. The van der Waals surface area contributed by atoms with Crippen molar-refractivity contribution in [3.05, 3.63) is 35.7 Å². The maximum atomic E-state index is 5.50. The lowest BCUT2D eigenvalue weighted by Crippen LogP contribution is -2.18. The second-order valence-corrected chi connectivity index (χ2v) is 4.44. The number of aryl methyl sites for hydroxylation is 1. The van der Waals surface area contributed by atoms with Crippen molar-refractivity contribution < 1.29 is 4.74 Å². The van der Waals surface area contributed by atoms with Gasteiger partial charge in [0.25, 0.3) is 0 Å². The van der Waals surface area contributed by atoms with Crippen LogP contribution in [0.4, 0.5) is 17.3 Å². The van der Waals surface area contributed by atoms with Crippen molar-refractivity contribution in [1.82, 2.24) is 9.97 Å². The van der Waals surface area contributed by atoms with Crippen LogP contribution in [0.2, 0.25) is 0 Å². The molecular weight excluding hydrogens is 254 g/mol. The predicted molar refractivity (Wildman–Crippen MR) is 80.4 cm³/mol. The molecule has 1 aromatic heterocycles. The largest absolute Gasteiger partial charge is 0.495 e. The van der Waals surface area contributed by atoms with Crippen LogP contribution in [-0.2, 0) is 0 Å². The Hall–Kier alpha value is -2.34. The van der Waals surface area contributed by atoms with E-state index >= 15 is 0 Å². The first-order valence-electron chi connectivity index (χ1n) is 6.27. The second kappa shape index (κ2) is 5.75. The number of aromatic nitrogens is 2. The number of hydrogen-bond donors (Lipinski definition) is 2. The molecule has 0 amide bonds. The van der Waals surface area contributed by atoms with Gasteiger partial charge < -0.3 is 15.1 Å². The van der Waals surface area contributed by atoms with Crippen molar-refractivity contribution in [1.29, 1.82) is 0 Å². The van der Waals surface area contributed by atoms with Gasteiger partial charge in [-0.05, 0) is 26.0 Å². The molecule has 0 radical (unpaired) electrons. The van der Waals surface area contributed by atoms with Crippen molar-refractivity contribution in [2.75, 3.05) is 24.5 Å². The molecule has 1 heterocycles. The highest BCUT2D eigenvalue weighted by Gasteiger charge is 2.16. The summed E-state index contributed by atoms with van der Waals surface area (Å²) in [4.78, 5) is 10.7. The van der Waals surface area contributed by atoms with Crippen LogP contribution in [0.25, 0.3) is 0 Å². The highest BCUT2D eigenvalue weighted by Crippen LogP contribution is 2.33. The molecule has 0 unspecified atom stereocenters. The van der Waals surface area contributed by atoms with Crippen LogP contribution in [0.1, 0.15) is 11.4 Å². The van der Waals surface area contributed by atoms with Gasteiger partial charge in [-0.1, -0.05) is 12.1 Å². The molecule has 106 valence electrons. The Kier molecular flexibility index (Phi) is 4.05. The fraction of sp³-hybridized carbons (Fsp3) is 0.286. The zero-order valence-corrected chi connectivity index (χ0v) is 12.1. The Morgan fingerprint density at radius 3 is 2.55 bits per heavy atom. The van der Waals surface area contributed by atoms with Gasteiger partial charge in [0.1, 0.15) is 23.2 Å². The summed E-state index contributed by atoms with van der Waals surface area (Å²) in [7, 11) is 3.59. The Morgan fingerprint density at radius 1 is 1.20 bits per heavy atom. The molecule has 6 nitrogen and oxygen atoms in total. The second-order valence-electron chi connectivity index (χ2n) is 4.44. The Balaban J connectivity index is 2.53. The first-order valence-corrected chi connectivity index (χ1v) is 6.27. The average Bonchev–Trinajstić information content (AvgIpc) is 2.48. The molecule has 0 aliphatic carbocycles. The van der Waals surface area contributed by atoms with Gasteiger partial charge in [0.2, 0.25) is 0 Å². The molecule has 6 heteroatoms. The summed E-state index contributed by atoms with van der Waals surface area (Å²) in [5.74, 6) is 8.34. The van der Waals surface area contributed by atoms with E-state index in [2.05, 4.69) is 15.4 Å². The van der Waals surface area contributed by atoms with Gasteiger partial charge in [0.15, 0.2) is 0 Å². The van der Waals surface area contributed by atoms with Crippen LogP contribution in [0.3, 0.4) is 0 Å². The summed E-state index contributed by atoms with van der Waals surface area (Å²) < 4.78 is 5.39. The molecule has 2 rings (SSSR count).